The van der Waals surface area contributed by atoms with Crippen LogP contribution in [0.15, 0.2) is 0 Å². The lowest BCUT2D eigenvalue weighted by molar-refractivity contribution is -0.126. The monoisotopic (exact) mass is 227 g/mol. The summed E-state index contributed by atoms with van der Waals surface area (Å²) in [6, 6.07) is 0.479. The maximum absolute atomic E-state index is 11.7. The summed E-state index contributed by atoms with van der Waals surface area (Å²) in [5.41, 5.74) is -0.0197. The summed E-state index contributed by atoms with van der Waals surface area (Å²) in [6.07, 6.45) is 2.76. The zero-order valence-corrected chi connectivity index (χ0v) is 12.1. The van der Waals surface area contributed by atoms with Gasteiger partial charge in [-0.1, -0.05) is 20.8 Å². The highest BCUT2D eigenvalue weighted by Gasteiger charge is 2.20. The summed E-state index contributed by atoms with van der Waals surface area (Å²) in [6.45, 7) is 14.7. The van der Waals surface area contributed by atoms with Crippen LogP contribution in [0.2, 0.25) is 0 Å². The number of Topliss-reactive ketones (excluding diaryl/α,β-unsaturated/α-hetero) is 1. The van der Waals surface area contributed by atoms with Gasteiger partial charge in [0.2, 0.25) is 0 Å². The molecule has 0 radical (unpaired) electrons. The SMILES string of the molecule is CC(CCCC(=O)C(C)(C)C)NC(C)(C)C. The van der Waals surface area contributed by atoms with Crippen LogP contribution in [0.3, 0.4) is 0 Å². The summed E-state index contributed by atoms with van der Waals surface area (Å²) in [4.78, 5) is 11.7. The number of hydrogen-bond donors (Lipinski definition) is 1. The van der Waals surface area contributed by atoms with Gasteiger partial charge in [0.1, 0.15) is 5.78 Å². The Bertz CT molecular complexity index is 220. The quantitative estimate of drug-likeness (QED) is 0.778. The Kier molecular flexibility index (Phi) is 5.67. The molecule has 2 heteroatoms. The molecule has 0 fully saturated rings. The Morgan fingerprint density at radius 3 is 2.00 bits per heavy atom. The molecule has 1 atom stereocenters. The van der Waals surface area contributed by atoms with Crippen LogP contribution in [0.25, 0.3) is 0 Å². The first-order chi connectivity index (χ1) is 7.02. The number of hydrogen-bond acceptors (Lipinski definition) is 2. The van der Waals surface area contributed by atoms with E-state index in [4.69, 9.17) is 0 Å². The van der Waals surface area contributed by atoms with E-state index in [9.17, 15) is 4.79 Å². The number of carbonyl (C=O) groups excluding carboxylic acids is 1. The zero-order valence-electron chi connectivity index (χ0n) is 12.1. The summed E-state index contributed by atoms with van der Waals surface area (Å²) in [5.74, 6) is 0.371. The van der Waals surface area contributed by atoms with Crippen LogP contribution < -0.4 is 5.32 Å². The zero-order chi connectivity index (χ0) is 13.0. The van der Waals surface area contributed by atoms with Crippen LogP contribution in [0.1, 0.15) is 67.7 Å². The van der Waals surface area contributed by atoms with Crippen LogP contribution in [-0.4, -0.2) is 17.4 Å². The molecule has 0 aromatic heterocycles. The second-order valence-corrected chi connectivity index (χ2v) is 6.86. The van der Waals surface area contributed by atoms with Crippen molar-refractivity contribution in [3.05, 3.63) is 0 Å². The normalized spacial score (nSPS) is 14.9. The van der Waals surface area contributed by atoms with Crippen molar-refractivity contribution in [1.29, 1.82) is 0 Å². The molecule has 0 aliphatic carbocycles. The standard InChI is InChI=1S/C14H29NO/c1-11(15-14(5,6)7)9-8-10-12(16)13(2,3)4/h11,15H,8-10H2,1-7H3. The molecule has 0 heterocycles. The van der Waals surface area contributed by atoms with Gasteiger partial charge in [0.25, 0.3) is 0 Å². The Balaban J connectivity index is 3.79. The first kappa shape index (κ1) is 15.6. The third-order valence-corrected chi connectivity index (χ3v) is 2.56. The topological polar surface area (TPSA) is 29.1 Å². The molecule has 0 bridgehead atoms. The van der Waals surface area contributed by atoms with E-state index in [0.717, 1.165) is 12.8 Å². The van der Waals surface area contributed by atoms with Crippen LogP contribution in [0, 0.1) is 5.41 Å². The van der Waals surface area contributed by atoms with Gasteiger partial charge in [-0.15, -0.1) is 0 Å². The molecule has 0 aromatic rings. The van der Waals surface area contributed by atoms with Gasteiger partial charge in [0.15, 0.2) is 0 Å². The van der Waals surface area contributed by atoms with Gasteiger partial charge in [-0.25, -0.2) is 0 Å². The molecular weight excluding hydrogens is 198 g/mol. The highest BCUT2D eigenvalue weighted by Crippen LogP contribution is 2.18. The van der Waals surface area contributed by atoms with E-state index in [1.165, 1.54) is 0 Å². The number of carbonyl (C=O) groups is 1. The minimum Gasteiger partial charge on any atom is -0.310 e. The Labute approximate surface area is 101 Å². The minimum absolute atomic E-state index is 0.160. The fourth-order valence-corrected chi connectivity index (χ4v) is 1.76. The molecule has 0 aliphatic rings. The van der Waals surface area contributed by atoms with Crippen molar-refractivity contribution in [2.45, 2.75) is 79.3 Å². The van der Waals surface area contributed by atoms with Gasteiger partial charge in [0.05, 0.1) is 0 Å². The van der Waals surface area contributed by atoms with Crippen LogP contribution >= 0.6 is 0 Å². The molecule has 0 spiro atoms. The van der Waals surface area contributed by atoms with Gasteiger partial charge in [0, 0.05) is 23.4 Å². The molecule has 0 rings (SSSR count). The fourth-order valence-electron chi connectivity index (χ4n) is 1.76. The van der Waals surface area contributed by atoms with Crippen molar-refractivity contribution < 1.29 is 4.79 Å². The summed E-state index contributed by atoms with van der Waals surface area (Å²) >= 11 is 0. The molecule has 16 heavy (non-hydrogen) atoms. The van der Waals surface area contributed by atoms with Gasteiger partial charge in [-0.2, -0.15) is 0 Å². The van der Waals surface area contributed by atoms with E-state index in [0.29, 0.717) is 18.2 Å². The highest BCUT2D eigenvalue weighted by atomic mass is 16.1. The van der Waals surface area contributed by atoms with Gasteiger partial charge in [-0.3, -0.25) is 4.79 Å². The predicted molar refractivity (Wildman–Crippen MR) is 70.7 cm³/mol. The van der Waals surface area contributed by atoms with Crippen LogP contribution in [0.4, 0.5) is 0 Å². The van der Waals surface area contributed by atoms with Gasteiger partial charge >= 0.3 is 0 Å². The van der Waals surface area contributed by atoms with Crippen molar-refractivity contribution in [3.8, 4) is 0 Å². The maximum atomic E-state index is 11.7. The smallest absolute Gasteiger partial charge is 0.138 e. The molecule has 96 valence electrons. The molecular formula is C14H29NO. The molecule has 0 saturated carbocycles. The van der Waals surface area contributed by atoms with E-state index < -0.39 is 0 Å². The maximum Gasteiger partial charge on any atom is 0.138 e. The summed E-state index contributed by atoms with van der Waals surface area (Å²) < 4.78 is 0. The van der Waals surface area contributed by atoms with Crippen LogP contribution in [-0.2, 0) is 4.79 Å². The summed E-state index contributed by atoms with van der Waals surface area (Å²) in [5, 5.41) is 3.52. The Hall–Kier alpha value is -0.370. The van der Waals surface area contributed by atoms with Crippen molar-refractivity contribution in [2.24, 2.45) is 5.41 Å². The molecule has 0 aliphatic heterocycles. The predicted octanol–water partition coefficient (Wildman–Crippen LogP) is 3.55. The van der Waals surface area contributed by atoms with Crippen molar-refractivity contribution >= 4 is 5.78 Å². The molecule has 1 N–H and O–H groups in total. The highest BCUT2D eigenvalue weighted by molar-refractivity contribution is 5.83. The number of nitrogens with one attached hydrogen (secondary N) is 1. The van der Waals surface area contributed by atoms with Crippen molar-refractivity contribution in [1.82, 2.24) is 5.32 Å². The Morgan fingerprint density at radius 1 is 1.12 bits per heavy atom. The lowest BCUT2D eigenvalue weighted by Gasteiger charge is -2.26. The second kappa shape index (κ2) is 5.81. The summed E-state index contributed by atoms with van der Waals surface area (Å²) in [7, 11) is 0. The van der Waals surface area contributed by atoms with Crippen molar-refractivity contribution in [2.75, 3.05) is 0 Å². The average molecular weight is 227 g/mol. The van der Waals surface area contributed by atoms with Gasteiger partial charge in [-0.05, 0) is 40.5 Å². The number of ketones is 1. The van der Waals surface area contributed by atoms with E-state index in [1.807, 2.05) is 20.8 Å². The first-order valence-corrected chi connectivity index (χ1v) is 6.33. The second-order valence-electron chi connectivity index (χ2n) is 6.86. The fraction of sp³-hybridized carbons (Fsp3) is 0.929. The molecule has 2 nitrogen and oxygen atoms in total. The largest absolute Gasteiger partial charge is 0.310 e. The number of rotatable bonds is 5. The van der Waals surface area contributed by atoms with Crippen molar-refractivity contribution in [3.63, 3.8) is 0 Å². The van der Waals surface area contributed by atoms with E-state index in [-0.39, 0.29) is 11.0 Å². The third kappa shape index (κ3) is 7.86. The first-order valence-electron chi connectivity index (χ1n) is 6.33. The molecule has 0 amide bonds. The van der Waals surface area contributed by atoms with E-state index >= 15 is 0 Å². The lowest BCUT2D eigenvalue weighted by atomic mass is 9.87. The lowest BCUT2D eigenvalue weighted by Crippen LogP contribution is -2.42. The third-order valence-electron chi connectivity index (χ3n) is 2.56. The van der Waals surface area contributed by atoms with E-state index in [2.05, 4.69) is 33.0 Å². The van der Waals surface area contributed by atoms with E-state index in [1.54, 1.807) is 0 Å². The molecule has 0 aromatic carbocycles. The molecule has 0 saturated heterocycles. The van der Waals surface area contributed by atoms with Gasteiger partial charge < -0.3 is 5.32 Å². The van der Waals surface area contributed by atoms with Crippen LogP contribution in [0.5, 0.6) is 0 Å². The molecule has 1 unspecified atom stereocenters. The average Bonchev–Trinajstić information content (AvgIpc) is 1.98. The minimum atomic E-state index is -0.180. The Morgan fingerprint density at radius 2 is 1.62 bits per heavy atom.